The van der Waals surface area contributed by atoms with E-state index in [9.17, 15) is 15.0 Å². The van der Waals surface area contributed by atoms with Crippen molar-refractivity contribution in [1.29, 1.82) is 0 Å². The van der Waals surface area contributed by atoms with Gasteiger partial charge < -0.3 is 25.6 Å². The quantitative estimate of drug-likeness (QED) is 0.245. The molecular weight excluding hydrogens is 213 g/mol. The molecule has 1 atom stereocenters. The van der Waals surface area contributed by atoms with Gasteiger partial charge in [-0.05, 0) is 18.1 Å². The van der Waals surface area contributed by atoms with Gasteiger partial charge in [0, 0.05) is 0 Å². The Hall–Kier alpha value is -1.73. The van der Waals surface area contributed by atoms with Gasteiger partial charge in [0.05, 0.1) is 5.94 Å². The highest BCUT2D eigenvalue weighted by Crippen LogP contribution is 2.28. The Morgan fingerprint density at radius 2 is 2.06 bits per heavy atom. The first-order valence-electron chi connectivity index (χ1n) is 4.62. The molecule has 16 heavy (non-hydrogen) atoms. The maximum Gasteiger partial charge on any atom is 0.475 e. The number of carbonyl (C=O) groups excluding carboxylic acids is 1. The van der Waals surface area contributed by atoms with E-state index in [1.165, 1.54) is 18.2 Å². The van der Waals surface area contributed by atoms with Crippen LogP contribution in [0.25, 0.3) is 0 Å². The number of amides is 1. The summed E-state index contributed by atoms with van der Waals surface area (Å²) in [7, 11) is -1.74. The van der Waals surface area contributed by atoms with E-state index < -0.39 is 13.1 Å². The number of phenolic OH excluding ortho intramolecular Hbond substituents is 2. The van der Waals surface area contributed by atoms with Crippen molar-refractivity contribution >= 4 is 13.5 Å². The standard InChI is InChI=1S/C9H12BNO5/c12-5-11-8(10(15)16)4-6-2-1-3-7(13)9(6)14/h1-3,5,8,13-16H,4H2,(H,11,12). The zero-order valence-electron chi connectivity index (χ0n) is 8.37. The maximum atomic E-state index is 10.2. The van der Waals surface area contributed by atoms with Gasteiger partial charge >= 0.3 is 7.12 Å². The molecule has 5 N–H and O–H groups in total. The fraction of sp³-hybridized carbons (Fsp3) is 0.222. The molecule has 1 unspecified atom stereocenters. The molecule has 0 bridgehead atoms. The van der Waals surface area contributed by atoms with Gasteiger partial charge in [0.1, 0.15) is 0 Å². The molecule has 0 saturated heterocycles. The lowest BCUT2D eigenvalue weighted by Gasteiger charge is -2.15. The lowest BCUT2D eigenvalue weighted by molar-refractivity contribution is -0.109. The maximum absolute atomic E-state index is 10.2. The summed E-state index contributed by atoms with van der Waals surface area (Å²) >= 11 is 0. The second-order valence-corrected chi connectivity index (χ2v) is 3.29. The first kappa shape index (κ1) is 12.3. The molecule has 7 heteroatoms. The van der Waals surface area contributed by atoms with Crippen molar-refractivity contribution in [3.63, 3.8) is 0 Å². The van der Waals surface area contributed by atoms with E-state index in [2.05, 4.69) is 5.32 Å². The third-order valence-electron chi connectivity index (χ3n) is 2.18. The molecule has 0 aromatic heterocycles. The van der Waals surface area contributed by atoms with Crippen LogP contribution in [-0.4, -0.2) is 39.7 Å². The van der Waals surface area contributed by atoms with Crippen LogP contribution in [0, 0.1) is 0 Å². The van der Waals surface area contributed by atoms with Crippen LogP contribution in [0.1, 0.15) is 5.56 Å². The molecule has 0 spiro atoms. The van der Waals surface area contributed by atoms with Gasteiger partial charge in [0.15, 0.2) is 11.5 Å². The topological polar surface area (TPSA) is 110 Å². The first-order chi connectivity index (χ1) is 7.56. The molecule has 1 rings (SSSR count). The van der Waals surface area contributed by atoms with Crippen LogP contribution in [0.4, 0.5) is 0 Å². The zero-order valence-corrected chi connectivity index (χ0v) is 8.37. The van der Waals surface area contributed by atoms with E-state index in [1.54, 1.807) is 0 Å². The van der Waals surface area contributed by atoms with Crippen molar-refractivity contribution in [2.45, 2.75) is 12.4 Å². The minimum Gasteiger partial charge on any atom is -0.504 e. The molecule has 0 aliphatic carbocycles. The highest BCUT2D eigenvalue weighted by Gasteiger charge is 2.24. The lowest BCUT2D eigenvalue weighted by Crippen LogP contribution is -2.44. The Balaban J connectivity index is 2.84. The fourth-order valence-corrected chi connectivity index (χ4v) is 1.32. The number of hydrogen-bond donors (Lipinski definition) is 5. The summed E-state index contributed by atoms with van der Waals surface area (Å²) < 4.78 is 0. The minimum absolute atomic E-state index is 0.00333. The molecular formula is C9H12BNO5. The second-order valence-electron chi connectivity index (χ2n) is 3.29. The normalized spacial score (nSPS) is 11.9. The van der Waals surface area contributed by atoms with E-state index in [0.717, 1.165) is 0 Å². The molecule has 0 fully saturated rings. The Morgan fingerprint density at radius 3 is 2.62 bits per heavy atom. The summed E-state index contributed by atoms with van der Waals surface area (Å²) in [6, 6.07) is 4.32. The van der Waals surface area contributed by atoms with Gasteiger partial charge in [-0.15, -0.1) is 0 Å². The van der Waals surface area contributed by atoms with Gasteiger partial charge in [-0.3, -0.25) is 4.79 Å². The van der Waals surface area contributed by atoms with Crippen LogP contribution in [0.3, 0.4) is 0 Å². The molecule has 0 radical (unpaired) electrons. The molecule has 0 heterocycles. The van der Waals surface area contributed by atoms with Crippen LogP contribution >= 0.6 is 0 Å². The number of benzene rings is 1. The third-order valence-corrected chi connectivity index (χ3v) is 2.18. The summed E-state index contributed by atoms with van der Waals surface area (Å²) in [5, 5.41) is 38.8. The van der Waals surface area contributed by atoms with Crippen molar-refractivity contribution in [1.82, 2.24) is 5.32 Å². The number of aromatic hydroxyl groups is 2. The van der Waals surface area contributed by atoms with Gasteiger partial charge in [0.2, 0.25) is 6.41 Å². The number of nitrogens with one attached hydrogen (secondary N) is 1. The molecule has 1 aromatic rings. The summed E-state index contributed by atoms with van der Waals surface area (Å²) in [4.78, 5) is 10.2. The number of rotatable bonds is 5. The highest BCUT2D eigenvalue weighted by molar-refractivity contribution is 6.43. The van der Waals surface area contributed by atoms with Crippen LogP contribution < -0.4 is 5.32 Å². The van der Waals surface area contributed by atoms with E-state index in [1.807, 2.05) is 0 Å². The van der Waals surface area contributed by atoms with Crippen molar-refractivity contribution in [2.24, 2.45) is 0 Å². The van der Waals surface area contributed by atoms with Gasteiger partial charge in [-0.25, -0.2) is 0 Å². The van der Waals surface area contributed by atoms with Gasteiger partial charge in [0.25, 0.3) is 0 Å². The Kier molecular flexibility index (Phi) is 4.15. The minimum atomic E-state index is -1.74. The number of carbonyl (C=O) groups is 1. The van der Waals surface area contributed by atoms with Crippen molar-refractivity contribution in [3.8, 4) is 11.5 Å². The summed E-state index contributed by atoms with van der Waals surface area (Å²) in [5.74, 6) is -1.57. The number of hydrogen-bond acceptors (Lipinski definition) is 5. The monoisotopic (exact) mass is 225 g/mol. The third kappa shape index (κ3) is 2.88. The average molecular weight is 225 g/mol. The summed E-state index contributed by atoms with van der Waals surface area (Å²) in [6.07, 6.45) is 0.334. The van der Waals surface area contributed by atoms with Crippen LogP contribution in [-0.2, 0) is 11.2 Å². The number of phenols is 2. The van der Waals surface area contributed by atoms with Crippen LogP contribution in [0.5, 0.6) is 11.5 Å². The molecule has 86 valence electrons. The van der Waals surface area contributed by atoms with E-state index in [0.29, 0.717) is 12.0 Å². The molecule has 1 amide bonds. The van der Waals surface area contributed by atoms with E-state index in [4.69, 9.17) is 10.0 Å². The average Bonchev–Trinajstić information content (AvgIpc) is 2.23. The van der Waals surface area contributed by atoms with E-state index >= 15 is 0 Å². The molecule has 6 nitrogen and oxygen atoms in total. The summed E-state index contributed by atoms with van der Waals surface area (Å²) in [5.41, 5.74) is 0.312. The lowest BCUT2D eigenvalue weighted by atomic mass is 9.76. The molecule has 0 aliphatic rings. The molecule has 0 aliphatic heterocycles. The Morgan fingerprint density at radius 1 is 1.38 bits per heavy atom. The van der Waals surface area contributed by atoms with Crippen molar-refractivity contribution in [2.75, 3.05) is 0 Å². The second kappa shape index (κ2) is 5.38. The highest BCUT2D eigenvalue weighted by atomic mass is 16.4. The van der Waals surface area contributed by atoms with Crippen molar-refractivity contribution < 1.29 is 25.1 Å². The van der Waals surface area contributed by atoms with Crippen LogP contribution in [0.15, 0.2) is 18.2 Å². The van der Waals surface area contributed by atoms with Gasteiger partial charge in [-0.2, -0.15) is 0 Å². The van der Waals surface area contributed by atoms with Gasteiger partial charge in [-0.1, -0.05) is 12.1 Å². The fourth-order valence-electron chi connectivity index (χ4n) is 1.32. The van der Waals surface area contributed by atoms with E-state index in [-0.39, 0.29) is 17.9 Å². The summed E-state index contributed by atoms with van der Waals surface area (Å²) in [6.45, 7) is 0. The first-order valence-corrected chi connectivity index (χ1v) is 4.62. The Bertz CT molecular complexity index is 371. The predicted molar refractivity (Wildman–Crippen MR) is 56.7 cm³/mol. The predicted octanol–water partition coefficient (Wildman–Crippen LogP) is -1.23. The SMILES string of the molecule is O=CNC(Cc1cccc(O)c1O)B(O)O. The Labute approximate surface area is 92.3 Å². The smallest absolute Gasteiger partial charge is 0.475 e. The molecule has 0 saturated carbocycles. The molecule has 1 aromatic carbocycles. The van der Waals surface area contributed by atoms with Crippen molar-refractivity contribution in [3.05, 3.63) is 23.8 Å². The largest absolute Gasteiger partial charge is 0.504 e. The number of para-hydroxylation sites is 1. The van der Waals surface area contributed by atoms with Crippen LogP contribution in [0.2, 0.25) is 0 Å². The zero-order chi connectivity index (χ0) is 12.1.